The van der Waals surface area contributed by atoms with Gasteiger partial charge in [0.25, 0.3) is 0 Å². The van der Waals surface area contributed by atoms with Crippen LogP contribution in [0.25, 0.3) is 0 Å². The lowest BCUT2D eigenvalue weighted by Gasteiger charge is -2.09. The Morgan fingerprint density at radius 3 is 2.78 bits per heavy atom. The number of rotatable bonds is 3. The second kappa shape index (κ2) is 4.38. The molecule has 1 atom stereocenters. The number of nitrogens with two attached hydrogens (primary N) is 1. The minimum absolute atomic E-state index is 0.0903. The van der Waals surface area contributed by atoms with Crippen molar-refractivity contribution in [3.05, 3.63) is 0 Å². The molecule has 3 nitrogen and oxygen atoms in total. The van der Waals surface area contributed by atoms with Crippen LogP contribution in [0.4, 0.5) is 4.79 Å². The molecule has 1 amide bonds. The predicted molar refractivity (Wildman–Crippen MR) is 37.4 cm³/mol. The van der Waals surface area contributed by atoms with E-state index in [2.05, 4.69) is 5.32 Å². The topological polar surface area (TPSA) is 55.1 Å². The summed E-state index contributed by atoms with van der Waals surface area (Å²) in [7, 11) is 4.83. The Labute approximate surface area is 56.4 Å². The highest BCUT2D eigenvalue weighted by atomic mass is 16.1. The van der Waals surface area contributed by atoms with Crippen LogP contribution in [0.2, 0.25) is 0 Å². The molecule has 0 fully saturated rings. The zero-order valence-electron chi connectivity index (χ0n) is 5.55. The van der Waals surface area contributed by atoms with Gasteiger partial charge in [0.2, 0.25) is 7.85 Å². The maximum absolute atomic E-state index is 10.2. The van der Waals surface area contributed by atoms with Gasteiger partial charge in [0.15, 0.2) is 5.81 Å². The lowest BCUT2D eigenvalue weighted by Crippen LogP contribution is -2.32. The molecule has 0 aliphatic rings. The lowest BCUT2D eigenvalue weighted by molar-refractivity contribution is 0.256. The van der Waals surface area contributed by atoms with Gasteiger partial charge in [-0.3, -0.25) is 4.79 Å². The van der Waals surface area contributed by atoms with Crippen molar-refractivity contribution < 1.29 is 4.79 Å². The fraction of sp³-hybridized carbons (Fsp3) is 0.800. The molecule has 0 aromatic heterocycles. The maximum Gasteiger partial charge on any atom is 0.200 e. The Bertz CT molecular complexity index is 97.0. The number of hydrogen-bond donors (Lipinski definition) is 2. The summed E-state index contributed by atoms with van der Waals surface area (Å²) in [5, 5.41) is 2.50. The summed E-state index contributed by atoms with van der Waals surface area (Å²) in [6, 6.07) is 0.0903. The molecule has 4 heteroatoms. The number of hydrogen-bond acceptors (Lipinski definition) is 2. The number of amides is 1. The molecule has 0 rings (SSSR count). The van der Waals surface area contributed by atoms with Crippen LogP contribution in [0.3, 0.4) is 0 Å². The minimum Gasteiger partial charge on any atom is -0.363 e. The second-order valence-corrected chi connectivity index (χ2v) is 1.99. The zero-order chi connectivity index (χ0) is 7.28. The monoisotopic (exact) mass is 126 g/mol. The standard InChI is InChI=1S/C5H11BN2O/c1-4(2-3-7)8-5(6)9/h4H,2-3,7H2,1H3,(H,8,9). The molecule has 3 N–H and O–H groups in total. The number of carbonyl (C=O) groups excluding carboxylic acids is 1. The highest BCUT2D eigenvalue weighted by Gasteiger charge is 1.98. The molecule has 0 heterocycles. The Hall–Kier alpha value is -0.505. The average molecular weight is 126 g/mol. The fourth-order valence-electron chi connectivity index (χ4n) is 0.565. The van der Waals surface area contributed by atoms with E-state index in [1.54, 1.807) is 0 Å². The molecule has 50 valence electrons. The summed E-state index contributed by atoms with van der Waals surface area (Å²) in [6.07, 6.45) is 0.767. The van der Waals surface area contributed by atoms with Gasteiger partial charge in [0.1, 0.15) is 0 Å². The first-order chi connectivity index (χ1) is 4.16. The Balaban J connectivity index is 3.26. The summed E-state index contributed by atoms with van der Waals surface area (Å²) < 4.78 is 0. The predicted octanol–water partition coefficient (Wildman–Crippen LogP) is -0.398. The zero-order valence-corrected chi connectivity index (χ0v) is 5.55. The van der Waals surface area contributed by atoms with Crippen molar-refractivity contribution in [2.75, 3.05) is 6.54 Å². The van der Waals surface area contributed by atoms with E-state index in [1.807, 2.05) is 6.92 Å². The first-order valence-electron chi connectivity index (χ1n) is 2.93. The van der Waals surface area contributed by atoms with Gasteiger partial charge in [-0.05, 0) is 19.9 Å². The molecule has 2 radical (unpaired) electrons. The highest BCUT2D eigenvalue weighted by molar-refractivity contribution is 6.57. The summed E-state index contributed by atoms with van der Waals surface area (Å²) >= 11 is 0. The Morgan fingerprint density at radius 1 is 1.89 bits per heavy atom. The van der Waals surface area contributed by atoms with Gasteiger partial charge >= 0.3 is 0 Å². The molecule has 0 aromatic rings. The van der Waals surface area contributed by atoms with E-state index in [4.69, 9.17) is 13.6 Å². The van der Waals surface area contributed by atoms with Crippen molar-refractivity contribution in [3.63, 3.8) is 0 Å². The summed E-state index contributed by atoms with van der Waals surface area (Å²) in [5.74, 6) is -0.490. The van der Waals surface area contributed by atoms with Crippen molar-refractivity contribution in [1.29, 1.82) is 0 Å². The van der Waals surface area contributed by atoms with E-state index in [0.717, 1.165) is 6.42 Å². The largest absolute Gasteiger partial charge is 0.363 e. The van der Waals surface area contributed by atoms with Gasteiger partial charge < -0.3 is 11.1 Å². The molecule has 0 bridgehead atoms. The average Bonchev–Trinajstić information content (AvgIpc) is 1.63. The summed E-state index contributed by atoms with van der Waals surface area (Å²) in [6.45, 7) is 2.43. The van der Waals surface area contributed by atoms with Gasteiger partial charge in [-0.25, -0.2) is 0 Å². The molecular weight excluding hydrogens is 115 g/mol. The van der Waals surface area contributed by atoms with Gasteiger partial charge in [-0.2, -0.15) is 0 Å². The number of carbonyl (C=O) groups is 1. The van der Waals surface area contributed by atoms with Crippen LogP contribution < -0.4 is 11.1 Å². The molecular formula is C5H11BN2O. The first-order valence-corrected chi connectivity index (χ1v) is 2.93. The van der Waals surface area contributed by atoms with Gasteiger partial charge in [0.05, 0.1) is 0 Å². The van der Waals surface area contributed by atoms with Crippen LogP contribution in [-0.2, 0) is 0 Å². The number of nitrogens with one attached hydrogen (secondary N) is 1. The molecule has 0 saturated heterocycles. The highest BCUT2D eigenvalue weighted by Crippen LogP contribution is 1.85. The van der Waals surface area contributed by atoms with Crippen LogP contribution in [0.15, 0.2) is 0 Å². The van der Waals surface area contributed by atoms with Crippen LogP contribution >= 0.6 is 0 Å². The van der Waals surface area contributed by atoms with E-state index < -0.39 is 5.81 Å². The SMILES string of the molecule is [B]C(=O)NC(C)CCN. The van der Waals surface area contributed by atoms with Gasteiger partial charge in [-0.15, -0.1) is 0 Å². The third kappa shape index (κ3) is 5.36. The van der Waals surface area contributed by atoms with Crippen LogP contribution in [-0.4, -0.2) is 26.2 Å². The van der Waals surface area contributed by atoms with E-state index in [0.29, 0.717) is 6.54 Å². The third-order valence-electron chi connectivity index (χ3n) is 0.988. The lowest BCUT2D eigenvalue weighted by atomic mass is 10.1. The van der Waals surface area contributed by atoms with Crippen molar-refractivity contribution in [1.82, 2.24) is 5.32 Å². The van der Waals surface area contributed by atoms with Crippen molar-refractivity contribution >= 4 is 13.7 Å². The van der Waals surface area contributed by atoms with E-state index >= 15 is 0 Å². The molecule has 1 unspecified atom stereocenters. The van der Waals surface area contributed by atoms with Gasteiger partial charge in [0, 0.05) is 6.04 Å². The van der Waals surface area contributed by atoms with Crippen LogP contribution in [0.1, 0.15) is 13.3 Å². The molecule has 0 aliphatic carbocycles. The smallest absolute Gasteiger partial charge is 0.200 e. The molecule has 0 aliphatic heterocycles. The van der Waals surface area contributed by atoms with Crippen molar-refractivity contribution in [2.45, 2.75) is 19.4 Å². The first kappa shape index (κ1) is 8.49. The molecule has 9 heavy (non-hydrogen) atoms. The molecule has 0 saturated carbocycles. The fourth-order valence-corrected chi connectivity index (χ4v) is 0.565. The molecule has 0 aromatic carbocycles. The Kier molecular flexibility index (Phi) is 4.14. The van der Waals surface area contributed by atoms with Crippen molar-refractivity contribution in [3.8, 4) is 0 Å². The van der Waals surface area contributed by atoms with Crippen LogP contribution in [0.5, 0.6) is 0 Å². The normalized spacial score (nSPS) is 12.7. The van der Waals surface area contributed by atoms with Gasteiger partial charge in [-0.1, -0.05) is 0 Å². The minimum atomic E-state index is -0.490. The Morgan fingerprint density at radius 2 is 2.44 bits per heavy atom. The maximum atomic E-state index is 10.2. The molecule has 0 spiro atoms. The quantitative estimate of drug-likeness (QED) is 0.505. The van der Waals surface area contributed by atoms with E-state index in [1.165, 1.54) is 0 Å². The second-order valence-electron chi connectivity index (χ2n) is 1.99. The van der Waals surface area contributed by atoms with Crippen molar-refractivity contribution in [2.24, 2.45) is 5.73 Å². The van der Waals surface area contributed by atoms with Crippen LogP contribution in [0, 0.1) is 0 Å². The van der Waals surface area contributed by atoms with E-state index in [9.17, 15) is 4.79 Å². The summed E-state index contributed by atoms with van der Waals surface area (Å²) in [4.78, 5) is 10.2. The van der Waals surface area contributed by atoms with E-state index in [-0.39, 0.29) is 6.04 Å². The summed E-state index contributed by atoms with van der Waals surface area (Å²) in [5.41, 5.74) is 5.21. The third-order valence-corrected chi connectivity index (χ3v) is 0.988.